The maximum absolute atomic E-state index is 12.1. The topological polar surface area (TPSA) is 87.1 Å². The molecule has 1 saturated heterocycles. The molecule has 1 N–H and O–H groups in total. The number of nitrogens with one attached hydrogen (secondary N) is 1. The van der Waals surface area contributed by atoms with Crippen LogP contribution in [-0.2, 0) is 0 Å². The van der Waals surface area contributed by atoms with Gasteiger partial charge >= 0.3 is 0 Å². The molecule has 8 nitrogen and oxygen atoms in total. The third-order valence-electron chi connectivity index (χ3n) is 4.88. The normalized spacial score (nSPS) is 19.3. The molecule has 2 aromatic rings. The fourth-order valence-corrected chi connectivity index (χ4v) is 4.32. The van der Waals surface area contributed by atoms with Crippen molar-refractivity contribution in [2.45, 2.75) is 31.7 Å². The van der Waals surface area contributed by atoms with E-state index in [1.165, 1.54) is 55.7 Å². The first-order valence-corrected chi connectivity index (χ1v) is 9.50. The maximum Gasteiger partial charge on any atom is 0.260 e. The Labute approximate surface area is 150 Å². The van der Waals surface area contributed by atoms with Crippen LogP contribution in [0.25, 0.3) is 0 Å². The molecule has 9 heteroatoms. The molecule has 1 aliphatic carbocycles. The van der Waals surface area contributed by atoms with Gasteiger partial charge < -0.3 is 4.90 Å². The summed E-state index contributed by atoms with van der Waals surface area (Å²) in [5.41, 5.74) is 0.407. The van der Waals surface area contributed by atoms with Crippen molar-refractivity contribution in [1.29, 1.82) is 0 Å². The predicted octanol–water partition coefficient (Wildman–Crippen LogP) is 1.64. The van der Waals surface area contributed by atoms with Gasteiger partial charge in [0.05, 0.1) is 5.56 Å². The Hall–Kier alpha value is -2.13. The van der Waals surface area contributed by atoms with Crippen molar-refractivity contribution < 1.29 is 4.79 Å². The molecular weight excluding hydrogens is 338 g/mol. The highest BCUT2D eigenvalue weighted by Gasteiger charge is 2.27. The number of rotatable bonds is 4. The summed E-state index contributed by atoms with van der Waals surface area (Å²) in [6.45, 7) is 4.08. The van der Waals surface area contributed by atoms with Gasteiger partial charge in [0.15, 0.2) is 0 Å². The Morgan fingerprint density at radius 3 is 2.52 bits per heavy atom. The van der Waals surface area contributed by atoms with Gasteiger partial charge in [-0.3, -0.25) is 15.0 Å². The average molecular weight is 359 g/mol. The molecule has 0 aromatic carbocycles. The molecule has 2 aliphatic rings. The van der Waals surface area contributed by atoms with Crippen molar-refractivity contribution in [1.82, 2.24) is 25.1 Å². The summed E-state index contributed by atoms with van der Waals surface area (Å²) in [6.07, 6.45) is 9.79. The van der Waals surface area contributed by atoms with Gasteiger partial charge in [0.1, 0.15) is 6.33 Å². The van der Waals surface area contributed by atoms with Gasteiger partial charge in [-0.25, -0.2) is 9.97 Å². The second-order valence-electron chi connectivity index (χ2n) is 6.43. The van der Waals surface area contributed by atoms with Gasteiger partial charge in [0.25, 0.3) is 5.91 Å². The fourth-order valence-electron chi connectivity index (χ4n) is 3.53. The lowest BCUT2D eigenvalue weighted by Crippen LogP contribution is -2.49. The summed E-state index contributed by atoms with van der Waals surface area (Å²) in [5, 5.41) is 12.5. The molecule has 1 amide bonds. The van der Waals surface area contributed by atoms with Crippen LogP contribution in [0.3, 0.4) is 0 Å². The predicted molar refractivity (Wildman–Crippen MR) is 95.9 cm³/mol. The largest absolute Gasteiger partial charge is 0.344 e. The third kappa shape index (κ3) is 3.77. The number of nitrogens with zero attached hydrogens (tertiary/aromatic N) is 6. The van der Waals surface area contributed by atoms with Crippen LogP contribution in [0.15, 0.2) is 18.7 Å². The lowest BCUT2D eigenvalue weighted by molar-refractivity contribution is 0.102. The number of carbonyl (C=O) groups is 1. The van der Waals surface area contributed by atoms with Gasteiger partial charge in [-0.2, -0.15) is 0 Å². The van der Waals surface area contributed by atoms with E-state index in [-0.39, 0.29) is 5.91 Å². The SMILES string of the molecule is O=C(Nc1nnc(N2CCN(C3CCCC3)CC2)s1)c1cncnc1. The van der Waals surface area contributed by atoms with E-state index >= 15 is 0 Å². The van der Waals surface area contributed by atoms with Crippen LogP contribution in [0, 0.1) is 0 Å². The highest BCUT2D eigenvalue weighted by Crippen LogP contribution is 2.28. The van der Waals surface area contributed by atoms with E-state index in [1.54, 1.807) is 0 Å². The van der Waals surface area contributed by atoms with E-state index in [0.717, 1.165) is 37.4 Å². The number of aromatic nitrogens is 4. The minimum atomic E-state index is -0.269. The van der Waals surface area contributed by atoms with Gasteiger partial charge in [0, 0.05) is 44.6 Å². The zero-order valence-electron chi connectivity index (χ0n) is 14.0. The van der Waals surface area contributed by atoms with Crippen molar-refractivity contribution in [2.24, 2.45) is 0 Å². The Kier molecular flexibility index (Phi) is 4.84. The molecule has 0 bridgehead atoms. The molecule has 0 unspecified atom stereocenters. The van der Waals surface area contributed by atoms with Crippen LogP contribution in [-0.4, -0.2) is 63.2 Å². The first-order chi connectivity index (χ1) is 12.3. The van der Waals surface area contributed by atoms with E-state index < -0.39 is 0 Å². The van der Waals surface area contributed by atoms with E-state index in [0.29, 0.717) is 10.7 Å². The zero-order valence-corrected chi connectivity index (χ0v) is 14.8. The summed E-state index contributed by atoms with van der Waals surface area (Å²) in [6, 6.07) is 0.777. The van der Waals surface area contributed by atoms with Crippen molar-refractivity contribution in [3.05, 3.63) is 24.3 Å². The lowest BCUT2D eigenvalue weighted by Gasteiger charge is -2.37. The highest BCUT2D eigenvalue weighted by molar-refractivity contribution is 7.19. The minimum absolute atomic E-state index is 0.269. The Balaban J connectivity index is 1.33. The molecule has 1 saturated carbocycles. The molecule has 3 heterocycles. The number of piperazine rings is 1. The van der Waals surface area contributed by atoms with Crippen molar-refractivity contribution >= 4 is 27.5 Å². The number of carbonyl (C=O) groups excluding carboxylic acids is 1. The molecule has 0 spiro atoms. The summed E-state index contributed by atoms with van der Waals surface area (Å²) in [7, 11) is 0. The molecule has 4 rings (SSSR count). The van der Waals surface area contributed by atoms with Crippen molar-refractivity contribution in [3.8, 4) is 0 Å². The third-order valence-corrected chi connectivity index (χ3v) is 5.78. The van der Waals surface area contributed by atoms with E-state index in [1.807, 2.05) is 0 Å². The van der Waals surface area contributed by atoms with Crippen molar-refractivity contribution in [2.75, 3.05) is 36.4 Å². The molecule has 132 valence electrons. The van der Waals surface area contributed by atoms with Gasteiger partial charge in [-0.1, -0.05) is 24.2 Å². The smallest absolute Gasteiger partial charge is 0.260 e. The Bertz CT molecular complexity index is 708. The second kappa shape index (κ2) is 7.40. The Morgan fingerprint density at radius 2 is 1.80 bits per heavy atom. The fraction of sp³-hybridized carbons (Fsp3) is 0.562. The van der Waals surface area contributed by atoms with E-state index in [9.17, 15) is 4.79 Å². The number of hydrogen-bond acceptors (Lipinski definition) is 8. The van der Waals surface area contributed by atoms with Gasteiger partial charge in [-0.15, -0.1) is 10.2 Å². The Morgan fingerprint density at radius 1 is 1.08 bits per heavy atom. The maximum atomic E-state index is 12.1. The zero-order chi connectivity index (χ0) is 17.1. The van der Waals surface area contributed by atoms with Gasteiger partial charge in [-0.05, 0) is 12.8 Å². The summed E-state index contributed by atoms with van der Waals surface area (Å²) < 4.78 is 0. The molecule has 2 fully saturated rings. The molecular formula is C16H21N7OS. The summed E-state index contributed by atoms with van der Waals surface area (Å²) in [4.78, 5) is 24.7. The first-order valence-electron chi connectivity index (χ1n) is 8.68. The summed E-state index contributed by atoms with van der Waals surface area (Å²) >= 11 is 1.41. The van der Waals surface area contributed by atoms with Gasteiger partial charge in [0.2, 0.25) is 10.3 Å². The molecule has 25 heavy (non-hydrogen) atoms. The first kappa shape index (κ1) is 16.3. The van der Waals surface area contributed by atoms with Crippen molar-refractivity contribution in [3.63, 3.8) is 0 Å². The van der Waals surface area contributed by atoms with Crippen LogP contribution in [0.4, 0.5) is 10.3 Å². The van der Waals surface area contributed by atoms with Crippen LogP contribution in [0.2, 0.25) is 0 Å². The quantitative estimate of drug-likeness (QED) is 0.888. The van der Waals surface area contributed by atoms with E-state index in [4.69, 9.17) is 0 Å². The standard InChI is InChI=1S/C16H21N7OS/c24-14(12-9-17-11-18-10-12)19-15-20-21-16(25-15)23-7-5-22(6-8-23)13-3-1-2-4-13/h9-11,13H,1-8H2,(H,19,20,24). The number of hydrogen-bond donors (Lipinski definition) is 1. The average Bonchev–Trinajstić information content (AvgIpc) is 3.35. The molecule has 0 radical (unpaired) electrons. The number of amides is 1. The minimum Gasteiger partial charge on any atom is -0.344 e. The highest BCUT2D eigenvalue weighted by atomic mass is 32.1. The van der Waals surface area contributed by atoms with Crippen LogP contribution >= 0.6 is 11.3 Å². The summed E-state index contributed by atoms with van der Waals surface area (Å²) in [5.74, 6) is -0.269. The van der Waals surface area contributed by atoms with E-state index in [2.05, 4.69) is 35.3 Å². The second-order valence-corrected chi connectivity index (χ2v) is 7.39. The molecule has 2 aromatic heterocycles. The van der Waals surface area contributed by atoms with Crippen LogP contribution in [0.5, 0.6) is 0 Å². The molecule has 1 aliphatic heterocycles. The lowest BCUT2D eigenvalue weighted by atomic mass is 10.2. The number of anilines is 2. The van der Waals surface area contributed by atoms with Crippen LogP contribution < -0.4 is 10.2 Å². The van der Waals surface area contributed by atoms with Crippen LogP contribution in [0.1, 0.15) is 36.0 Å². The molecule has 0 atom stereocenters. The monoisotopic (exact) mass is 359 g/mol.